The monoisotopic (exact) mass is 397 g/mol. The summed E-state index contributed by atoms with van der Waals surface area (Å²) < 4.78 is 0. The van der Waals surface area contributed by atoms with Crippen molar-refractivity contribution in [2.45, 2.75) is 25.8 Å². The van der Waals surface area contributed by atoms with Crippen LogP contribution < -0.4 is 10.6 Å². The van der Waals surface area contributed by atoms with E-state index in [-0.39, 0.29) is 17.9 Å². The van der Waals surface area contributed by atoms with Gasteiger partial charge in [0, 0.05) is 35.2 Å². The molecular formula is C26H27N3O. The molecule has 0 saturated carbocycles. The van der Waals surface area contributed by atoms with Gasteiger partial charge in [-0.25, -0.2) is 0 Å². The van der Waals surface area contributed by atoms with Crippen LogP contribution in [-0.2, 0) is 4.79 Å². The van der Waals surface area contributed by atoms with Gasteiger partial charge in [-0.2, -0.15) is 0 Å². The molecule has 4 nitrogen and oxygen atoms in total. The predicted octanol–water partition coefficient (Wildman–Crippen LogP) is 5.23. The Morgan fingerprint density at radius 3 is 2.53 bits per heavy atom. The van der Waals surface area contributed by atoms with Crippen LogP contribution >= 0.6 is 0 Å². The first kappa shape index (κ1) is 19.9. The number of carbonyl (C=O) groups excluding carboxylic acids is 1. The van der Waals surface area contributed by atoms with Gasteiger partial charge in [-0.1, -0.05) is 60.7 Å². The molecule has 4 rings (SSSR count). The molecular weight excluding hydrogens is 370 g/mol. The average Bonchev–Trinajstić information content (AvgIpc) is 3.18. The van der Waals surface area contributed by atoms with Crippen molar-refractivity contribution in [3.8, 4) is 0 Å². The van der Waals surface area contributed by atoms with Crippen molar-refractivity contribution in [1.82, 2.24) is 10.3 Å². The lowest BCUT2D eigenvalue weighted by Crippen LogP contribution is -2.40. The van der Waals surface area contributed by atoms with Gasteiger partial charge in [-0.15, -0.1) is 0 Å². The van der Waals surface area contributed by atoms with Crippen LogP contribution in [0.4, 0.5) is 5.69 Å². The summed E-state index contributed by atoms with van der Waals surface area (Å²) in [4.78, 5) is 16.1. The van der Waals surface area contributed by atoms with Gasteiger partial charge in [-0.05, 0) is 48.7 Å². The van der Waals surface area contributed by atoms with Crippen LogP contribution in [0.15, 0.2) is 85.1 Å². The maximum absolute atomic E-state index is 12.7. The molecule has 1 amide bonds. The molecule has 3 aromatic carbocycles. The van der Waals surface area contributed by atoms with Crippen LogP contribution in [-0.4, -0.2) is 23.5 Å². The minimum atomic E-state index is -0.318. The van der Waals surface area contributed by atoms with E-state index in [2.05, 4.69) is 64.3 Å². The van der Waals surface area contributed by atoms with Crippen molar-refractivity contribution >= 4 is 22.5 Å². The highest BCUT2D eigenvalue weighted by Crippen LogP contribution is 2.30. The fraction of sp³-hybridized carbons (Fsp3) is 0.192. The third-order valence-corrected chi connectivity index (χ3v) is 5.51. The van der Waals surface area contributed by atoms with E-state index in [1.165, 1.54) is 16.5 Å². The third-order valence-electron chi connectivity index (χ3n) is 5.51. The highest BCUT2D eigenvalue weighted by molar-refractivity contribution is 5.94. The second-order valence-corrected chi connectivity index (χ2v) is 7.74. The molecule has 2 atom stereocenters. The quantitative estimate of drug-likeness (QED) is 0.400. The number of anilines is 1. The Kier molecular flexibility index (Phi) is 5.96. The lowest BCUT2D eigenvalue weighted by Gasteiger charge is -2.21. The van der Waals surface area contributed by atoms with Gasteiger partial charge in [0.2, 0.25) is 5.91 Å². The average molecular weight is 398 g/mol. The number of nitrogens with one attached hydrogen (secondary N) is 3. The minimum absolute atomic E-state index is 0.0358. The predicted molar refractivity (Wildman–Crippen MR) is 124 cm³/mol. The maximum Gasteiger partial charge on any atom is 0.241 e. The molecule has 0 saturated heterocycles. The van der Waals surface area contributed by atoms with E-state index in [1.807, 2.05) is 50.2 Å². The standard InChI is InChI=1S/C26H27N3O/c1-18-9-8-12-21(15-18)29-26(30)19(2)27-16-23(20-10-4-3-5-11-20)24-17-28-25-14-7-6-13-22(24)25/h3-15,17,19,23,27-28H,16H2,1-2H3,(H,29,30)/t19-,23+/m0/s1. The fourth-order valence-electron chi connectivity index (χ4n) is 3.84. The highest BCUT2D eigenvalue weighted by Gasteiger charge is 2.20. The number of hydrogen-bond acceptors (Lipinski definition) is 2. The van der Waals surface area contributed by atoms with Crippen molar-refractivity contribution in [2.75, 3.05) is 11.9 Å². The first-order valence-corrected chi connectivity index (χ1v) is 10.3. The van der Waals surface area contributed by atoms with E-state index < -0.39 is 0 Å². The molecule has 3 N–H and O–H groups in total. The molecule has 0 unspecified atom stereocenters. The van der Waals surface area contributed by atoms with E-state index in [0.29, 0.717) is 6.54 Å². The molecule has 0 aliphatic heterocycles. The number of hydrogen-bond donors (Lipinski definition) is 3. The van der Waals surface area contributed by atoms with Crippen molar-refractivity contribution in [1.29, 1.82) is 0 Å². The smallest absolute Gasteiger partial charge is 0.241 e. The SMILES string of the molecule is Cc1cccc(NC(=O)[C@H](C)NC[C@H](c2ccccc2)c2c[nH]c3ccccc23)c1. The van der Waals surface area contributed by atoms with Gasteiger partial charge < -0.3 is 15.6 Å². The second-order valence-electron chi connectivity index (χ2n) is 7.74. The Morgan fingerprint density at radius 2 is 1.73 bits per heavy atom. The molecule has 1 heterocycles. The lowest BCUT2D eigenvalue weighted by atomic mass is 9.90. The molecule has 0 aliphatic carbocycles. The summed E-state index contributed by atoms with van der Waals surface area (Å²) in [6, 6.07) is 26.3. The van der Waals surface area contributed by atoms with Gasteiger partial charge in [0.25, 0.3) is 0 Å². The van der Waals surface area contributed by atoms with Crippen LogP contribution in [0.2, 0.25) is 0 Å². The van der Waals surface area contributed by atoms with Gasteiger partial charge in [0.15, 0.2) is 0 Å². The van der Waals surface area contributed by atoms with E-state index in [0.717, 1.165) is 16.8 Å². The Labute approximate surface area is 177 Å². The van der Waals surface area contributed by atoms with Gasteiger partial charge in [0.1, 0.15) is 0 Å². The molecule has 0 radical (unpaired) electrons. The number of H-pyrrole nitrogens is 1. The normalized spacial score (nSPS) is 13.1. The summed E-state index contributed by atoms with van der Waals surface area (Å²) in [6.45, 7) is 4.58. The minimum Gasteiger partial charge on any atom is -0.361 e. The number of benzene rings is 3. The zero-order chi connectivity index (χ0) is 20.9. The maximum atomic E-state index is 12.7. The van der Waals surface area contributed by atoms with Crippen LogP contribution in [0.1, 0.15) is 29.5 Å². The number of carbonyl (C=O) groups is 1. The van der Waals surface area contributed by atoms with Crippen LogP contribution in [0.5, 0.6) is 0 Å². The van der Waals surface area contributed by atoms with Crippen molar-refractivity contribution in [3.63, 3.8) is 0 Å². The second kappa shape index (κ2) is 8.97. The summed E-state index contributed by atoms with van der Waals surface area (Å²) in [5, 5.41) is 7.66. The highest BCUT2D eigenvalue weighted by atomic mass is 16.2. The number of aromatic nitrogens is 1. The Morgan fingerprint density at radius 1 is 0.967 bits per heavy atom. The van der Waals surface area contributed by atoms with Crippen LogP contribution in [0, 0.1) is 6.92 Å². The Bertz CT molecular complexity index is 1130. The summed E-state index contributed by atoms with van der Waals surface area (Å²) in [5.74, 6) is 0.0999. The summed E-state index contributed by atoms with van der Waals surface area (Å²) in [7, 11) is 0. The molecule has 4 aromatic rings. The van der Waals surface area contributed by atoms with Crippen molar-refractivity contribution < 1.29 is 4.79 Å². The number of para-hydroxylation sites is 1. The first-order valence-electron chi connectivity index (χ1n) is 10.3. The molecule has 0 fully saturated rings. The fourth-order valence-corrected chi connectivity index (χ4v) is 3.84. The van der Waals surface area contributed by atoms with Crippen molar-refractivity contribution in [2.24, 2.45) is 0 Å². The third kappa shape index (κ3) is 4.44. The molecule has 30 heavy (non-hydrogen) atoms. The summed E-state index contributed by atoms with van der Waals surface area (Å²) >= 11 is 0. The number of aryl methyl sites for hydroxylation is 1. The zero-order valence-corrected chi connectivity index (χ0v) is 17.4. The van der Waals surface area contributed by atoms with Crippen LogP contribution in [0.25, 0.3) is 10.9 Å². The molecule has 0 bridgehead atoms. The summed E-state index contributed by atoms with van der Waals surface area (Å²) in [5.41, 5.74) is 5.53. The van der Waals surface area contributed by atoms with Gasteiger partial charge >= 0.3 is 0 Å². The topological polar surface area (TPSA) is 56.9 Å². The van der Waals surface area contributed by atoms with Gasteiger partial charge in [0.05, 0.1) is 6.04 Å². The van der Waals surface area contributed by atoms with Crippen LogP contribution in [0.3, 0.4) is 0 Å². The molecule has 0 spiro atoms. The molecule has 152 valence electrons. The molecule has 1 aromatic heterocycles. The number of amides is 1. The number of rotatable bonds is 7. The number of fused-ring (bicyclic) bond motifs is 1. The van der Waals surface area contributed by atoms with E-state index in [4.69, 9.17) is 0 Å². The Balaban J connectivity index is 1.52. The van der Waals surface area contributed by atoms with E-state index >= 15 is 0 Å². The van der Waals surface area contributed by atoms with E-state index in [9.17, 15) is 4.79 Å². The molecule has 0 aliphatic rings. The van der Waals surface area contributed by atoms with Gasteiger partial charge in [-0.3, -0.25) is 4.79 Å². The number of aromatic amines is 1. The largest absolute Gasteiger partial charge is 0.361 e. The van der Waals surface area contributed by atoms with Crippen molar-refractivity contribution in [3.05, 3.63) is 102 Å². The summed E-state index contributed by atoms with van der Waals surface area (Å²) in [6.07, 6.45) is 2.08. The zero-order valence-electron chi connectivity index (χ0n) is 17.4. The lowest BCUT2D eigenvalue weighted by molar-refractivity contribution is -0.117. The first-order chi connectivity index (χ1) is 14.6. The van der Waals surface area contributed by atoms with E-state index in [1.54, 1.807) is 0 Å². The molecule has 4 heteroatoms. The Hall–Kier alpha value is -3.37.